The lowest BCUT2D eigenvalue weighted by Crippen LogP contribution is -2.48. The van der Waals surface area contributed by atoms with Crippen molar-refractivity contribution in [2.24, 2.45) is 11.8 Å². The molecule has 2 saturated heterocycles. The molecular weight excluding hydrogens is 334 g/mol. The van der Waals surface area contributed by atoms with Crippen molar-refractivity contribution in [3.8, 4) is 0 Å². The number of anilines is 1. The van der Waals surface area contributed by atoms with Crippen LogP contribution in [-0.2, 0) is 4.79 Å². The zero-order valence-corrected chi connectivity index (χ0v) is 15.9. The largest absolute Gasteiger partial charge is 0.368 e. The van der Waals surface area contributed by atoms with Gasteiger partial charge in [0.15, 0.2) is 0 Å². The summed E-state index contributed by atoms with van der Waals surface area (Å²) in [5, 5.41) is 7.45. The molecule has 2 aliphatic rings. The molecule has 1 amide bonds. The number of benzene rings is 1. The van der Waals surface area contributed by atoms with E-state index in [0.29, 0.717) is 18.3 Å². The van der Waals surface area contributed by atoms with Gasteiger partial charge in [0, 0.05) is 25.6 Å². The zero-order chi connectivity index (χ0) is 17.6. The quantitative estimate of drug-likeness (QED) is 0.842. The van der Waals surface area contributed by atoms with E-state index in [1.54, 1.807) is 0 Å². The lowest BCUT2D eigenvalue weighted by Gasteiger charge is -2.35. The van der Waals surface area contributed by atoms with Gasteiger partial charge in [-0.3, -0.25) is 4.79 Å². The van der Waals surface area contributed by atoms with E-state index in [0.717, 1.165) is 49.7 Å². The molecule has 0 aromatic heterocycles. The minimum atomic E-state index is 0.206. The van der Waals surface area contributed by atoms with E-state index in [1.165, 1.54) is 12.8 Å². The van der Waals surface area contributed by atoms with E-state index in [4.69, 9.17) is 11.6 Å². The highest BCUT2D eigenvalue weighted by molar-refractivity contribution is 6.33. The molecule has 2 heterocycles. The molecule has 4 nitrogen and oxygen atoms in total. The maximum absolute atomic E-state index is 12.5. The standard InChI is InChI=1S/C20H30ClN3O/c1-15(16-8-10-22-11-9-16)13-20(25)23-17-5-4-12-24(14-17)19-7-3-2-6-18(19)21/h2-3,6-7,15-17,22H,4-5,8-14H2,1H3,(H,23,25). The fraction of sp³-hybridized carbons (Fsp3) is 0.650. The van der Waals surface area contributed by atoms with Gasteiger partial charge in [-0.2, -0.15) is 0 Å². The number of hydrogen-bond acceptors (Lipinski definition) is 3. The molecular formula is C20H30ClN3O. The molecule has 0 aliphatic carbocycles. The van der Waals surface area contributed by atoms with Crippen molar-refractivity contribution in [3.63, 3.8) is 0 Å². The SMILES string of the molecule is CC(CC(=O)NC1CCCN(c2ccccc2Cl)C1)C1CCNCC1. The fourth-order valence-corrected chi connectivity index (χ4v) is 4.44. The number of piperidine rings is 2. The van der Waals surface area contributed by atoms with Crippen LogP contribution in [0.25, 0.3) is 0 Å². The maximum atomic E-state index is 12.5. The number of para-hydroxylation sites is 1. The second-order valence-corrected chi connectivity index (χ2v) is 7.98. The number of nitrogens with zero attached hydrogens (tertiary/aromatic N) is 1. The minimum Gasteiger partial charge on any atom is -0.368 e. The van der Waals surface area contributed by atoms with Crippen LogP contribution in [0.15, 0.2) is 24.3 Å². The Balaban J connectivity index is 1.50. The molecule has 0 saturated carbocycles. The molecule has 0 spiro atoms. The Hall–Kier alpha value is -1.26. The lowest BCUT2D eigenvalue weighted by molar-refractivity contribution is -0.123. The van der Waals surface area contributed by atoms with Crippen molar-refractivity contribution in [2.45, 2.75) is 45.1 Å². The summed E-state index contributed by atoms with van der Waals surface area (Å²) in [5.41, 5.74) is 1.08. The number of nitrogens with one attached hydrogen (secondary N) is 2. The molecule has 2 fully saturated rings. The van der Waals surface area contributed by atoms with Gasteiger partial charge < -0.3 is 15.5 Å². The van der Waals surface area contributed by atoms with E-state index in [-0.39, 0.29) is 11.9 Å². The first-order valence-electron chi connectivity index (χ1n) is 9.63. The predicted octanol–water partition coefficient (Wildman–Crippen LogP) is 3.45. The summed E-state index contributed by atoms with van der Waals surface area (Å²) in [6.45, 7) is 6.25. The van der Waals surface area contributed by atoms with Gasteiger partial charge in [-0.15, -0.1) is 0 Å². The van der Waals surface area contributed by atoms with Gasteiger partial charge in [0.2, 0.25) is 5.91 Å². The van der Waals surface area contributed by atoms with Gasteiger partial charge in [0.25, 0.3) is 0 Å². The van der Waals surface area contributed by atoms with Crippen LogP contribution >= 0.6 is 11.6 Å². The van der Waals surface area contributed by atoms with Crippen molar-refractivity contribution in [1.82, 2.24) is 10.6 Å². The maximum Gasteiger partial charge on any atom is 0.220 e. The molecule has 2 N–H and O–H groups in total. The first kappa shape index (κ1) is 18.5. The summed E-state index contributed by atoms with van der Waals surface area (Å²) < 4.78 is 0. The molecule has 2 atom stereocenters. The highest BCUT2D eigenvalue weighted by atomic mass is 35.5. The number of rotatable bonds is 5. The Kier molecular flexibility index (Phi) is 6.60. The van der Waals surface area contributed by atoms with Crippen LogP contribution in [0.4, 0.5) is 5.69 Å². The number of carbonyl (C=O) groups is 1. The van der Waals surface area contributed by atoms with Crippen LogP contribution in [0.3, 0.4) is 0 Å². The number of amides is 1. The van der Waals surface area contributed by atoms with Crippen LogP contribution in [-0.4, -0.2) is 38.1 Å². The van der Waals surface area contributed by atoms with Crippen molar-refractivity contribution < 1.29 is 4.79 Å². The Morgan fingerprint density at radius 1 is 1.32 bits per heavy atom. The minimum absolute atomic E-state index is 0.206. The molecule has 138 valence electrons. The zero-order valence-electron chi connectivity index (χ0n) is 15.1. The highest BCUT2D eigenvalue weighted by Crippen LogP contribution is 2.28. The van der Waals surface area contributed by atoms with Crippen LogP contribution in [0, 0.1) is 11.8 Å². The third-order valence-corrected chi connectivity index (χ3v) is 6.00. The van der Waals surface area contributed by atoms with E-state index < -0.39 is 0 Å². The van der Waals surface area contributed by atoms with Crippen molar-refractivity contribution in [3.05, 3.63) is 29.3 Å². The normalized spacial score (nSPS) is 23.3. The van der Waals surface area contributed by atoms with E-state index in [1.807, 2.05) is 18.2 Å². The average molecular weight is 364 g/mol. The summed E-state index contributed by atoms with van der Waals surface area (Å²) >= 11 is 6.33. The molecule has 1 aromatic rings. The highest BCUT2D eigenvalue weighted by Gasteiger charge is 2.25. The molecule has 1 aromatic carbocycles. The van der Waals surface area contributed by atoms with Crippen LogP contribution < -0.4 is 15.5 Å². The topological polar surface area (TPSA) is 44.4 Å². The summed E-state index contributed by atoms with van der Waals surface area (Å²) in [6.07, 6.45) is 5.16. The van der Waals surface area contributed by atoms with Crippen molar-refractivity contribution in [1.29, 1.82) is 0 Å². The van der Waals surface area contributed by atoms with Gasteiger partial charge in [0.1, 0.15) is 0 Å². The molecule has 2 unspecified atom stereocenters. The number of halogens is 1. The van der Waals surface area contributed by atoms with Gasteiger partial charge in [-0.1, -0.05) is 30.7 Å². The second kappa shape index (κ2) is 8.91. The van der Waals surface area contributed by atoms with Crippen molar-refractivity contribution >= 4 is 23.2 Å². The van der Waals surface area contributed by atoms with Crippen LogP contribution in [0.5, 0.6) is 0 Å². The van der Waals surface area contributed by atoms with Gasteiger partial charge >= 0.3 is 0 Å². The summed E-state index contributed by atoms with van der Waals surface area (Å²) in [6, 6.07) is 8.19. The van der Waals surface area contributed by atoms with E-state index >= 15 is 0 Å². The first-order valence-corrected chi connectivity index (χ1v) is 10.0. The van der Waals surface area contributed by atoms with Gasteiger partial charge in [-0.25, -0.2) is 0 Å². The fourth-order valence-electron chi connectivity index (χ4n) is 4.18. The van der Waals surface area contributed by atoms with Crippen LogP contribution in [0.2, 0.25) is 5.02 Å². The second-order valence-electron chi connectivity index (χ2n) is 7.57. The molecule has 2 aliphatic heterocycles. The van der Waals surface area contributed by atoms with Gasteiger partial charge in [0.05, 0.1) is 10.7 Å². The average Bonchev–Trinajstić information content (AvgIpc) is 2.63. The summed E-state index contributed by atoms with van der Waals surface area (Å²) in [7, 11) is 0. The van der Waals surface area contributed by atoms with E-state index in [2.05, 4.69) is 28.5 Å². The predicted molar refractivity (Wildman–Crippen MR) is 104 cm³/mol. The smallest absolute Gasteiger partial charge is 0.220 e. The van der Waals surface area contributed by atoms with E-state index in [9.17, 15) is 4.79 Å². The third kappa shape index (κ3) is 5.11. The monoisotopic (exact) mass is 363 g/mol. The molecule has 0 bridgehead atoms. The summed E-state index contributed by atoms with van der Waals surface area (Å²) in [4.78, 5) is 14.8. The molecule has 5 heteroatoms. The Morgan fingerprint density at radius 2 is 2.08 bits per heavy atom. The Morgan fingerprint density at radius 3 is 2.84 bits per heavy atom. The Labute approximate surface area is 156 Å². The third-order valence-electron chi connectivity index (χ3n) is 5.68. The molecule has 25 heavy (non-hydrogen) atoms. The molecule has 3 rings (SSSR count). The molecule has 0 radical (unpaired) electrons. The van der Waals surface area contributed by atoms with Gasteiger partial charge in [-0.05, 0) is 62.7 Å². The Bertz CT molecular complexity index is 574. The lowest BCUT2D eigenvalue weighted by atomic mass is 9.84. The van der Waals surface area contributed by atoms with Crippen LogP contribution in [0.1, 0.15) is 39.0 Å². The summed E-state index contributed by atoms with van der Waals surface area (Å²) in [5.74, 6) is 1.35. The number of hydrogen-bond donors (Lipinski definition) is 2. The van der Waals surface area contributed by atoms with Crippen molar-refractivity contribution in [2.75, 3.05) is 31.1 Å². The number of carbonyl (C=O) groups excluding carboxylic acids is 1. The first-order chi connectivity index (χ1) is 12.1.